The van der Waals surface area contributed by atoms with Gasteiger partial charge in [0.2, 0.25) is 5.95 Å². The molecular formula is C37H25N3S. The van der Waals surface area contributed by atoms with Gasteiger partial charge in [0, 0.05) is 31.8 Å². The summed E-state index contributed by atoms with van der Waals surface area (Å²) in [5, 5.41) is 3.63. The zero-order valence-electron chi connectivity index (χ0n) is 22.7. The molecular weight excluding hydrogens is 518 g/mol. The van der Waals surface area contributed by atoms with E-state index in [1.165, 1.54) is 48.6 Å². The Bertz CT molecular complexity index is 2340. The zero-order chi connectivity index (χ0) is 27.3. The molecule has 0 N–H and O–H groups in total. The van der Waals surface area contributed by atoms with Gasteiger partial charge in [0.1, 0.15) is 0 Å². The molecule has 0 unspecified atom stereocenters. The predicted molar refractivity (Wildman–Crippen MR) is 172 cm³/mol. The molecule has 4 heteroatoms. The maximum absolute atomic E-state index is 5.39. The van der Waals surface area contributed by atoms with Gasteiger partial charge in [-0.15, -0.1) is 11.3 Å². The van der Waals surface area contributed by atoms with Gasteiger partial charge in [0.15, 0.2) is 0 Å². The van der Waals surface area contributed by atoms with Crippen LogP contribution in [0.25, 0.3) is 70.4 Å². The van der Waals surface area contributed by atoms with Crippen LogP contribution in [0.1, 0.15) is 25.0 Å². The molecule has 3 nitrogen and oxygen atoms in total. The molecule has 0 aliphatic heterocycles. The van der Waals surface area contributed by atoms with Crippen molar-refractivity contribution in [2.75, 3.05) is 0 Å². The van der Waals surface area contributed by atoms with Crippen molar-refractivity contribution in [1.29, 1.82) is 0 Å². The first kappa shape index (κ1) is 23.0. The van der Waals surface area contributed by atoms with E-state index >= 15 is 0 Å². The van der Waals surface area contributed by atoms with Crippen molar-refractivity contribution in [3.05, 3.63) is 126 Å². The first-order valence-electron chi connectivity index (χ1n) is 14.0. The Morgan fingerprint density at radius 1 is 0.634 bits per heavy atom. The maximum atomic E-state index is 5.39. The number of hydrogen-bond acceptors (Lipinski definition) is 3. The lowest BCUT2D eigenvalue weighted by atomic mass is 9.81. The van der Waals surface area contributed by atoms with Gasteiger partial charge >= 0.3 is 0 Å². The van der Waals surface area contributed by atoms with E-state index in [4.69, 9.17) is 9.97 Å². The number of para-hydroxylation sites is 1. The molecule has 0 saturated carbocycles. The fourth-order valence-corrected chi connectivity index (χ4v) is 8.14. The first-order chi connectivity index (χ1) is 20.1. The number of nitrogens with zero attached hydrogens (tertiary/aromatic N) is 3. The molecule has 41 heavy (non-hydrogen) atoms. The third-order valence-corrected chi connectivity index (χ3v) is 9.97. The van der Waals surface area contributed by atoms with E-state index < -0.39 is 0 Å². The summed E-state index contributed by atoms with van der Waals surface area (Å²) in [7, 11) is 0. The summed E-state index contributed by atoms with van der Waals surface area (Å²) < 4.78 is 4.68. The Morgan fingerprint density at radius 3 is 2.24 bits per heavy atom. The van der Waals surface area contributed by atoms with Gasteiger partial charge in [-0.25, -0.2) is 9.97 Å². The van der Waals surface area contributed by atoms with Crippen molar-refractivity contribution in [3.63, 3.8) is 0 Å². The van der Waals surface area contributed by atoms with Crippen LogP contribution in [0.15, 0.2) is 115 Å². The van der Waals surface area contributed by atoms with Crippen LogP contribution in [-0.2, 0) is 5.41 Å². The molecule has 0 saturated heterocycles. The van der Waals surface area contributed by atoms with Gasteiger partial charge in [-0.3, -0.25) is 4.57 Å². The van der Waals surface area contributed by atoms with Gasteiger partial charge in [0.25, 0.3) is 0 Å². The molecule has 0 amide bonds. The molecule has 0 atom stereocenters. The van der Waals surface area contributed by atoms with Crippen LogP contribution in [0, 0.1) is 0 Å². The van der Waals surface area contributed by atoms with Crippen LogP contribution in [0.4, 0.5) is 0 Å². The molecule has 3 heterocycles. The van der Waals surface area contributed by atoms with E-state index in [1.54, 1.807) is 11.3 Å². The fraction of sp³-hybridized carbons (Fsp3) is 0.0811. The van der Waals surface area contributed by atoms with Gasteiger partial charge in [-0.05, 0) is 34.4 Å². The van der Waals surface area contributed by atoms with E-state index in [9.17, 15) is 0 Å². The Labute approximate surface area is 241 Å². The van der Waals surface area contributed by atoms with Crippen molar-refractivity contribution in [2.24, 2.45) is 0 Å². The smallest absolute Gasteiger partial charge is 0.235 e. The highest BCUT2D eigenvalue weighted by Gasteiger charge is 2.38. The predicted octanol–water partition coefficient (Wildman–Crippen LogP) is 9.91. The van der Waals surface area contributed by atoms with Crippen molar-refractivity contribution < 1.29 is 0 Å². The van der Waals surface area contributed by atoms with Crippen molar-refractivity contribution in [2.45, 2.75) is 19.3 Å². The second-order valence-corrected chi connectivity index (χ2v) is 12.5. The summed E-state index contributed by atoms with van der Waals surface area (Å²) in [5.74, 6) is 0.714. The summed E-state index contributed by atoms with van der Waals surface area (Å²) in [6.45, 7) is 4.70. The number of hydrogen-bond donors (Lipinski definition) is 0. The summed E-state index contributed by atoms with van der Waals surface area (Å²) in [5.41, 5.74) is 10.6. The third-order valence-electron chi connectivity index (χ3n) is 8.81. The minimum atomic E-state index is -0.168. The van der Waals surface area contributed by atoms with Crippen molar-refractivity contribution in [3.8, 4) is 28.3 Å². The average Bonchev–Trinajstić information content (AvgIpc) is 3.63. The van der Waals surface area contributed by atoms with E-state index in [1.807, 2.05) is 0 Å². The molecule has 0 bridgehead atoms. The minimum absolute atomic E-state index is 0.168. The summed E-state index contributed by atoms with van der Waals surface area (Å²) in [6.07, 6.45) is 0. The van der Waals surface area contributed by atoms with Gasteiger partial charge < -0.3 is 0 Å². The summed E-state index contributed by atoms with van der Waals surface area (Å²) >= 11 is 1.77. The van der Waals surface area contributed by atoms with Crippen LogP contribution in [0.5, 0.6) is 0 Å². The topological polar surface area (TPSA) is 30.7 Å². The molecule has 0 radical (unpaired) electrons. The molecule has 0 fully saturated rings. The van der Waals surface area contributed by atoms with Crippen molar-refractivity contribution >= 4 is 53.4 Å². The molecule has 3 aromatic heterocycles. The van der Waals surface area contributed by atoms with E-state index in [-0.39, 0.29) is 5.41 Å². The first-order valence-corrected chi connectivity index (χ1v) is 14.8. The third kappa shape index (κ3) is 3.03. The second kappa shape index (κ2) is 8.12. The molecule has 1 aliphatic carbocycles. The summed E-state index contributed by atoms with van der Waals surface area (Å²) in [6, 6.07) is 41.2. The lowest BCUT2D eigenvalue weighted by Crippen LogP contribution is -2.17. The molecule has 194 valence electrons. The number of rotatable bonds is 2. The van der Waals surface area contributed by atoms with Gasteiger partial charge in [0.05, 0.1) is 26.9 Å². The number of benzene rings is 5. The number of thiophene rings is 1. The average molecular weight is 544 g/mol. The Kier molecular flexibility index (Phi) is 4.55. The number of aromatic nitrogens is 3. The Morgan fingerprint density at radius 2 is 1.37 bits per heavy atom. The van der Waals surface area contributed by atoms with Crippen LogP contribution in [-0.4, -0.2) is 14.5 Å². The summed E-state index contributed by atoms with van der Waals surface area (Å²) in [4.78, 5) is 10.8. The highest BCUT2D eigenvalue weighted by molar-refractivity contribution is 7.26. The van der Waals surface area contributed by atoms with E-state index in [0.717, 1.165) is 27.0 Å². The largest absolute Gasteiger partial charge is 0.278 e. The minimum Gasteiger partial charge on any atom is -0.278 e. The quantitative estimate of drug-likeness (QED) is 0.217. The lowest BCUT2D eigenvalue weighted by molar-refractivity contribution is 0.663. The highest BCUT2D eigenvalue weighted by atomic mass is 32.1. The Balaban J connectivity index is 1.47. The standard InChI is InChI=1S/C37H25N3S/c1-37(2)28-17-9-6-14-23(28)25-20-21-26-24-15-7-10-18-29(24)40(34(26)31(25)37)36-38-32(22-12-4-3-5-13-22)35-33(39-36)27-16-8-11-19-30(27)41-35/h3-21H,1-2H3. The molecule has 1 aliphatic rings. The molecule has 5 aromatic carbocycles. The second-order valence-electron chi connectivity index (χ2n) is 11.4. The molecule has 8 aromatic rings. The van der Waals surface area contributed by atoms with Gasteiger partial charge in [-0.1, -0.05) is 117 Å². The normalized spacial score (nSPS) is 13.8. The molecule has 0 spiro atoms. The molecule has 9 rings (SSSR count). The van der Waals surface area contributed by atoms with E-state index in [2.05, 4.69) is 134 Å². The Hall–Kier alpha value is -4.80. The fourth-order valence-electron chi connectivity index (χ4n) is 6.99. The number of fused-ring (bicyclic) bond motifs is 10. The van der Waals surface area contributed by atoms with Crippen LogP contribution >= 0.6 is 11.3 Å². The monoisotopic (exact) mass is 543 g/mol. The van der Waals surface area contributed by atoms with Gasteiger partial charge in [-0.2, -0.15) is 0 Å². The highest BCUT2D eigenvalue weighted by Crippen LogP contribution is 2.53. The van der Waals surface area contributed by atoms with Crippen LogP contribution in [0.2, 0.25) is 0 Å². The zero-order valence-corrected chi connectivity index (χ0v) is 23.5. The van der Waals surface area contributed by atoms with E-state index in [0.29, 0.717) is 5.95 Å². The SMILES string of the molecule is CC1(C)c2ccccc2-c2ccc3c4ccccc4n(-c4nc(-c5ccccc5)c5sc6ccccc6c5n4)c3c21. The van der Waals surface area contributed by atoms with Crippen molar-refractivity contribution in [1.82, 2.24) is 14.5 Å². The van der Waals surface area contributed by atoms with Crippen LogP contribution < -0.4 is 0 Å². The maximum Gasteiger partial charge on any atom is 0.235 e. The lowest BCUT2D eigenvalue weighted by Gasteiger charge is -2.23. The van der Waals surface area contributed by atoms with Crippen LogP contribution in [0.3, 0.4) is 0 Å².